The number of hydrogen-bond acceptors (Lipinski definition) is 5. The molecule has 0 bridgehead atoms. The Morgan fingerprint density at radius 3 is 2.61 bits per heavy atom. The van der Waals surface area contributed by atoms with Gasteiger partial charge in [0.25, 0.3) is 0 Å². The number of hydrogen-bond donors (Lipinski definition) is 1. The first-order valence-electron chi connectivity index (χ1n) is 9.48. The molecule has 0 aliphatic rings. The van der Waals surface area contributed by atoms with Crippen molar-refractivity contribution in [3.05, 3.63) is 89.5 Å². The molecule has 0 radical (unpaired) electrons. The lowest BCUT2D eigenvalue weighted by atomic mass is 10.2. The predicted octanol–water partition coefficient (Wildman–Crippen LogP) is 5.89. The quantitative estimate of drug-likeness (QED) is 0.390. The second-order valence-electron chi connectivity index (χ2n) is 6.62. The second-order valence-corrected chi connectivity index (χ2v) is 7.06. The molecule has 0 aliphatic carbocycles. The third kappa shape index (κ3) is 5.46. The summed E-state index contributed by atoms with van der Waals surface area (Å²) >= 11 is 6.08. The highest BCUT2D eigenvalue weighted by Crippen LogP contribution is 2.32. The summed E-state index contributed by atoms with van der Waals surface area (Å²) in [4.78, 5) is 16.7. The number of anilines is 1. The third-order valence-corrected chi connectivity index (χ3v) is 4.56. The normalized spacial score (nSPS) is 10.6. The van der Waals surface area contributed by atoms with Crippen LogP contribution in [0.3, 0.4) is 0 Å². The van der Waals surface area contributed by atoms with Crippen molar-refractivity contribution in [3.8, 4) is 22.9 Å². The SMILES string of the molecule is O=C(CCc1nc(-c2ccc(F)cc2)no1)Nc1cc(Cl)ccc1Oc1ccccc1. The molecule has 1 heterocycles. The van der Waals surface area contributed by atoms with E-state index in [1.165, 1.54) is 12.1 Å². The Hall–Kier alpha value is -3.71. The number of ether oxygens (including phenoxy) is 1. The van der Waals surface area contributed by atoms with Gasteiger partial charge in [-0.25, -0.2) is 4.39 Å². The van der Waals surface area contributed by atoms with Gasteiger partial charge in [-0.1, -0.05) is 35.0 Å². The summed E-state index contributed by atoms with van der Waals surface area (Å²) in [7, 11) is 0. The maximum atomic E-state index is 13.0. The molecule has 0 unspecified atom stereocenters. The maximum Gasteiger partial charge on any atom is 0.227 e. The minimum atomic E-state index is -0.347. The van der Waals surface area contributed by atoms with Gasteiger partial charge < -0.3 is 14.6 Å². The number of para-hydroxylation sites is 1. The third-order valence-electron chi connectivity index (χ3n) is 4.32. The fraction of sp³-hybridized carbons (Fsp3) is 0.0870. The van der Waals surface area contributed by atoms with Crippen LogP contribution in [0.4, 0.5) is 10.1 Å². The molecule has 8 heteroatoms. The number of nitrogens with zero attached hydrogens (tertiary/aromatic N) is 2. The maximum absolute atomic E-state index is 13.0. The van der Waals surface area contributed by atoms with Crippen LogP contribution >= 0.6 is 11.6 Å². The average Bonchev–Trinajstić information content (AvgIpc) is 3.25. The largest absolute Gasteiger partial charge is 0.455 e. The molecule has 0 fully saturated rings. The lowest BCUT2D eigenvalue weighted by Crippen LogP contribution is -2.13. The summed E-state index contributed by atoms with van der Waals surface area (Å²) in [6.45, 7) is 0. The predicted molar refractivity (Wildman–Crippen MR) is 115 cm³/mol. The molecule has 3 aromatic carbocycles. The van der Waals surface area contributed by atoms with Crippen molar-refractivity contribution in [1.29, 1.82) is 0 Å². The summed E-state index contributed by atoms with van der Waals surface area (Å²) in [6, 6.07) is 20.0. The van der Waals surface area contributed by atoms with Gasteiger partial charge in [0.2, 0.25) is 17.6 Å². The zero-order valence-corrected chi connectivity index (χ0v) is 17.0. The fourth-order valence-corrected chi connectivity index (χ4v) is 2.98. The van der Waals surface area contributed by atoms with E-state index in [9.17, 15) is 9.18 Å². The lowest BCUT2D eigenvalue weighted by molar-refractivity contribution is -0.116. The molecule has 1 N–H and O–H groups in total. The van der Waals surface area contributed by atoms with Gasteiger partial charge in [0.05, 0.1) is 5.69 Å². The Balaban J connectivity index is 1.39. The van der Waals surface area contributed by atoms with Crippen LogP contribution in [0.5, 0.6) is 11.5 Å². The molecule has 0 saturated carbocycles. The smallest absolute Gasteiger partial charge is 0.227 e. The van der Waals surface area contributed by atoms with Crippen molar-refractivity contribution in [2.75, 3.05) is 5.32 Å². The number of carbonyl (C=O) groups excluding carboxylic acids is 1. The van der Waals surface area contributed by atoms with Crippen molar-refractivity contribution >= 4 is 23.2 Å². The molecule has 1 aromatic heterocycles. The van der Waals surface area contributed by atoms with E-state index in [1.807, 2.05) is 30.3 Å². The molecule has 1 amide bonds. The van der Waals surface area contributed by atoms with E-state index in [1.54, 1.807) is 30.3 Å². The number of carbonyl (C=O) groups is 1. The van der Waals surface area contributed by atoms with Crippen LogP contribution in [-0.4, -0.2) is 16.0 Å². The van der Waals surface area contributed by atoms with E-state index in [4.69, 9.17) is 20.9 Å². The van der Waals surface area contributed by atoms with E-state index in [-0.39, 0.29) is 24.6 Å². The van der Waals surface area contributed by atoms with Crippen molar-refractivity contribution in [2.45, 2.75) is 12.8 Å². The fourth-order valence-electron chi connectivity index (χ4n) is 2.81. The van der Waals surface area contributed by atoms with Crippen LogP contribution in [0.25, 0.3) is 11.4 Å². The Morgan fingerprint density at radius 1 is 1.06 bits per heavy atom. The van der Waals surface area contributed by atoms with Gasteiger partial charge >= 0.3 is 0 Å². The van der Waals surface area contributed by atoms with Gasteiger partial charge in [-0.2, -0.15) is 4.98 Å². The van der Waals surface area contributed by atoms with Gasteiger partial charge in [0, 0.05) is 23.4 Å². The number of amides is 1. The molecule has 6 nitrogen and oxygen atoms in total. The zero-order chi connectivity index (χ0) is 21.6. The van der Waals surface area contributed by atoms with Crippen LogP contribution in [0.15, 0.2) is 77.3 Å². The molecule has 31 heavy (non-hydrogen) atoms. The molecule has 0 spiro atoms. The highest BCUT2D eigenvalue weighted by molar-refractivity contribution is 6.31. The van der Waals surface area contributed by atoms with Gasteiger partial charge in [-0.05, 0) is 54.6 Å². The van der Waals surface area contributed by atoms with E-state index in [2.05, 4.69) is 15.5 Å². The summed E-state index contributed by atoms with van der Waals surface area (Å²) in [5, 5.41) is 7.15. The number of aromatic nitrogens is 2. The highest BCUT2D eigenvalue weighted by atomic mass is 35.5. The Kier molecular flexibility index (Phi) is 6.24. The highest BCUT2D eigenvalue weighted by Gasteiger charge is 2.13. The zero-order valence-electron chi connectivity index (χ0n) is 16.2. The lowest BCUT2D eigenvalue weighted by Gasteiger charge is -2.12. The molecule has 0 saturated heterocycles. The molecular formula is C23H17ClFN3O3. The van der Waals surface area contributed by atoms with Gasteiger partial charge in [0.15, 0.2) is 5.75 Å². The van der Waals surface area contributed by atoms with Crippen molar-refractivity contribution in [3.63, 3.8) is 0 Å². The van der Waals surface area contributed by atoms with Gasteiger partial charge in [-0.3, -0.25) is 4.79 Å². The summed E-state index contributed by atoms with van der Waals surface area (Å²) in [6.07, 6.45) is 0.359. The minimum Gasteiger partial charge on any atom is -0.455 e. The number of halogens is 2. The first kappa shape index (κ1) is 20.6. The van der Waals surface area contributed by atoms with Crippen LogP contribution in [-0.2, 0) is 11.2 Å². The van der Waals surface area contributed by atoms with Gasteiger partial charge in [-0.15, -0.1) is 0 Å². The molecular weight excluding hydrogens is 421 g/mol. The van der Waals surface area contributed by atoms with Crippen LogP contribution in [0.2, 0.25) is 5.02 Å². The minimum absolute atomic E-state index is 0.113. The number of benzene rings is 3. The molecule has 0 atom stereocenters. The Bertz CT molecular complexity index is 1180. The summed E-state index contributed by atoms with van der Waals surface area (Å²) < 4.78 is 24.1. The number of rotatable bonds is 7. The van der Waals surface area contributed by atoms with E-state index in [0.717, 1.165) is 0 Å². The van der Waals surface area contributed by atoms with Crippen LogP contribution in [0, 0.1) is 5.82 Å². The van der Waals surface area contributed by atoms with Crippen LogP contribution < -0.4 is 10.1 Å². The topological polar surface area (TPSA) is 77.2 Å². The molecule has 4 rings (SSSR count). The molecule has 156 valence electrons. The Labute approximate surface area is 182 Å². The molecule has 4 aromatic rings. The van der Waals surface area contributed by atoms with E-state index < -0.39 is 0 Å². The van der Waals surface area contributed by atoms with Crippen molar-refractivity contribution in [2.24, 2.45) is 0 Å². The van der Waals surface area contributed by atoms with E-state index >= 15 is 0 Å². The number of aryl methyl sites for hydroxylation is 1. The summed E-state index contributed by atoms with van der Waals surface area (Å²) in [5.74, 6) is 1.15. The van der Waals surface area contributed by atoms with Crippen LogP contribution in [0.1, 0.15) is 12.3 Å². The first-order chi connectivity index (χ1) is 15.1. The van der Waals surface area contributed by atoms with Crippen molar-refractivity contribution in [1.82, 2.24) is 10.1 Å². The molecule has 0 aliphatic heterocycles. The standard InChI is InChI=1S/C23H17ClFN3O3/c24-16-8-11-20(30-18-4-2-1-3-5-18)19(14-16)26-21(29)12-13-22-27-23(28-31-22)15-6-9-17(25)10-7-15/h1-11,14H,12-13H2,(H,26,29). The Morgan fingerprint density at radius 2 is 1.84 bits per heavy atom. The summed E-state index contributed by atoms with van der Waals surface area (Å²) in [5.41, 5.74) is 1.08. The van der Waals surface area contributed by atoms with Gasteiger partial charge in [0.1, 0.15) is 11.6 Å². The monoisotopic (exact) mass is 437 g/mol. The first-order valence-corrected chi connectivity index (χ1v) is 9.85. The van der Waals surface area contributed by atoms with E-state index in [0.29, 0.717) is 39.5 Å². The number of nitrogens with one attached hydrogen (secondary N) is 1. The average molecular weight is 438 g/mol. The van der Waals surface area contributed by atoms with Crippen molar-refractivity contribution < 1.29 is 18.4 Å². The second kappa shape index (κ2) is 9.40.